The molecular weight excluding hydrogens is 332 g/mol. The number of aryl methyl sites for hydroxylation is 1. The van der Waals surface area contributed by atoms with Gasteiger partial charge in [0.1, 0.15) is 5.69 Å². The summed E-state index contributed by atoms with van der Waals surface area (Å²) in [5.74, 6) is 0. The number of rotatable bonds is 5. The summed E-state index contributed by atoms with van der Waals surface area (Å²) in [4.78, 5) is 10.8. The van der Waals surface area contributed by atoms with E-state index in [1.807, 2.05) is 44.2 Å². The number of nitrogens with zero attached hydrogens (tertiary/aromatic N) is 1. The number of benzene rings is 2. The summed E-state index contributed by atoms with van der Waals surface area (Å²) in [6.45, 7) is 3.87. The Bertz CT molecular complexity index is 641. The fourth-order valence-corrected chi connectivity index (χ4v) is 2.47. The van der Waals surface area contributed by atoms with Gasteiger partial charge in [0.2, 0.25) is 0 Å². The van der Waals surface area contributed by atoms with Crippen LogP contribution in [0.3, 0.4) is 0 Å². The Kier molecular flexibility index (Phi) is 4.96. The van der Waals surface area contributed by atoms with Crippen molar-refractivity contribution in [2.75, 3.05) is 5.32 Å². The normalized spacial score (nSPS) is 12.0. The van der Waals surface area contributed by atoms with E-state index in [1.54, 1.807) is 12.1 Å². The maximum absolute atomic E-state index is 11.1. The molecule has 0 saturated carbocycles. The van der Waals surface area contributed by atoms with E-state index in [0.29, 0.717) is 5.69 Å². The first-order valence-electron chi connectivity index (χ1n) is 6.71. The molecular formula is C16H17BrN2O2. The Morgan fingerprint density at radius 3 is 2.52 bits per heavy atom. The van der Waals surface area contributed by atoms with Gasteiger partial charge in [0.25, 0.3) is 5.69 Å². The molecule has 21 heavy (non-hydrogen) atoms. The van der Waals surface area contributed by atoms with Crippen LogP contribution < -0.4 is 5.32 Å². The molecule has 0 spiro atoms. The van der Waals surface area contributed by atoms with Crippen LogP contribution in [0, 0.1) is 17.0 Å². The van der Waals surface area contributed by atoms with Gasteiger partial charge in [0, 0.05) is 16.6 Å². The average Bonchev–Trinajstić information content (AvgIpc) is 2.43. The summed E-state index contributed by atoms with van der Waals surface area (Å²) in [6.07, 6.45) is 0.804. The van der Waals surface area contributed by atoms with Gasteiger partial charge in [0.15, 0.2) is 0 Å². The molecule has 2 aromatic rings. The maximum atomic E-state index is 11.1. The van der Waals surface area contributed by atoms with E-state index in [2.05, 4.69) is 21.2 Å². The highest BCUT2D eigenvalue weighted by atomic mass is 79.9. The van der Waals surface area contributed by atoms with Gasteiger partial charge in [0.05, 0.1) is 4.92 Å². The van der Waals surface area contributed by atoms with Gasteiger partial charge in [-0.3, -0.25) is 10.1 Å². The van der Waals surface area contributed by atoms with Crippen molar-refractivity contribution < 1.29 is 4.92 Å². The molecule has 0 saturated heterocycles. The molecule has 0 aromatic heterocycles. The van der Waals surface area contributed by atoms with Crippen LogP contribution in [0.2, 0.25) is 0 Å². The molecule has 110 valence electrons. The van der Waals surface area contributed by atoms with Crippen LogP contribution in [0.5, 0.6) is 0 Å². The van der Waals surface area contributed by atoms with E-state index < -0.39 is 0 Å². The van der Waals surface area contributed by atoms with Gasteiger partial charge in [-0.05, 0) is 49.6 Å². The van der Waals surface area contributed by atoms with Gasteiger partial charge in [-0.25, -0.2) is 0 Å². The first-order chi connectivity index (χ1) is 9.95. The van der Waals surface area contributed by atoms with Crippen LogP contribution in [0.1, 0.15) is 18.1 Å². The summed E-state index contributed by atoms with van der Waals surface area (Å²) in [5.41, 5.74) is 2.76. The second-order valence-electron chi connectivity index (χ2n) is 5.15. The topological polar surface area (TPSA) is 55.2 Å². The minimum absolute atomic E-state index is 0.104. The van der Waals surface area contributed by atoms with E-state index in [0.717, 1.165) is 16.5 Å². The molecule has 0 heterocycles. The smallest absolute Gasteiger partial charge is 0.292 e. The number of hydrogen-bond acceptors (Lipinski definition) is 3. The van der Waals surface area contributed by atoms with Gasteiger partial charge in [-0.15, -0.1) is 0 Å². The number of nitro groups is 1. The second kappa shape index (κ2) is 6.72. The largest absolute Gasteiger partial charge is 0.377 e. The molecule has 4 nitrogen and oxygen atoms in total. The monoisotopic (exact) mass is 348 g/mol. The first kappa shape index (κ1) is 15.5. The van der Waals surface area contributed by atoms with Crippen LogP contribution in [-0.4, -0.2) is 11.0 Å². The predicted octanol–water partition coefficient (Wildman–Crippen LogP) is 4.71. The van der Waals surface area contributed by atoms with Gasteiger partial charge >= 0.3 is 0 Å². The fraction of sp³-hybridized carbons (Fsp3) is 0.250. The number of nitro benzene ring substituents is 1. The van der Waals surface area contributed by atoms with Crippen LogP contribution in [0.15, 0.2) is 46.9 Å². The van der Waals surface area contributed by atoms with E-state index in [4.69, 9.17) is 0 Å². The molecule has 1 unspecified atom stereocenters. The Balaban J connectivity index is 2.10. The summed E-state index contributed by atoms with van der Waals surface area (Å²) < 4.78 is 1.04. The zero-order valence-corrected chi connectivity index (χ0v) is 13.6. The third kappa shape index (κ3) is 4.29. The van der Waals surface area contributed by atoms with Gasteiger partial charge in [-0.2, -0.15) is 0 Å². The van der Waals surface area contributed by atoms with Crippen molar-refractivity contribution in [1.82, 2.24) is 0 Å². The van der Waals surface area contributed by atoms with Gasteiger partial charge in [-0.1, -0.05) is 34.1 Å². The van der Waals surface area contributed by atoms with Gasteiger partial charge < -0.3 is 5.32 Å². The standard InChI is InChI=1S/C16H17BrN2O2/c1-11-3-8-15(16(9-11)19(20)21)18-12(2)10-13-4-6-14(17)7-5-13/h3-9,12,18H,10H2,1-2H3. The van der Waals surface area contributed by atoms with Crippen LogP contribution in [0.25, 0.3) is 0 Å². The lowest BCUT2D eigenvalue weighted by atomic mass is 10.1. The third-order valence-corrected chi connectivity index (χ3v) is 3.74. The maximum Gasteiger partial charge on any atom is 0.292 e. The van der Waals surface area contributed by atoms with Crippen molar-refractivity contribution in [3.63, 3.8) is 0 Å². The lowest BCUT2D eigenvalue weighted by Gasteiger charge is -2.15. The van der Waals surface area contributed by atoms with E-state index in [-0.39, 0.29) is 16.7 Å². The Morgan fingerprint density at radius 1 is 1.24 bits per heavy atom. The molecule has 0 amide bonds. The lowest BCUT2D eigenvalue weighted by molar-refractivity contribution is -0.384. The van der Waals surface area contributed by atoms with E-state index >= 15 is 0 Å². The first-order valence-corrected chi connectivity index (χ1v) is 7.51. The molecule has 1 N–H and O–H groups in total. The zero-order valence-electron chi connectivity index (χ0n) is 12.0. The molecule has 2 aromatic carbocycles. The summed E-state index contributed by atoms with van der Waals surface area (Å²) in [7, 11) is 0. The number of hydrogen-bond donors (Lipinski definition) is 1. The van der Waals surface area contributed by atoms with Crippen molar-refractivity contribution in [1.29, 1.82) is 0 Å². The van der Waals surface area contributed by atoms with Crippen LogP contribution in [-0.2, 0) is 6.42 Å². The molecule has 0 bridgehead atoms. The third-order valence-electron chi connectivity index (χ3n) is 3.21. The predicted molar refractivity (Wildman–Crippen MR) is 88.8 cm³/mol. The summed E-state index contributed by atoms with van der Waals surface area (Å²) in [6, 6.07) is 13.4. The van der Waals surface area contributed by atoms with Crippen molar-refractivity contribution >= 4 is 27.3 Å². The number of halogens is 1. The Hall–Kier alpha value is -1.88. The second-order valence-corrected chi connectivity index (χ2v) is 6.07. The van der Waals surface area contributed by atoms with E-state index in [9.17, 15) is 10.1 Å². The van der Waals surface area contributed by atoms with Crippen LogP contribution in [0.4, 0.5) is 11.4 Å². The highest BCUT2D eigenvalue weighted by Crippen LogP contribution is 2.26. The highest BCUT2D eigenvalue weighted by molar-refractivity contribution is 9.10. The minimum atomic E-state index is -0.346. The SMILES string of the molecule is Cc1ccc(NC(C)Cc2ccc(Br)cc2)c([N+](=O)[O-])c1. The molecule has 0 radical (unpaired) electrons. The summed E-state index contributed by atoms with van der Waals surface area (Å²) in [5, 5.41) is 14.3. The van der Waals surface area contributed by atoms with Crippen LogP contribution >= 0.6 is 15.9 Å². The van der Waals surface area contributed by atoms with Crippen molar-refractivity contribution in [3.05, 3.63) is 68.2 Å². The molecule has 2 rings (SSSR count). The van der Waals surface area contributed by atoms with Crippen molar-refractivity contribution in [2.45, 2.75) is 26.3 Å². The molecule has 0 aliphatic carbocycles. The Morgan fingerprint density at radius 2 is 1.90 bits per heavy atom. The summed E-state index contributed by atoms with van der Waals surface area (Å²) >= 11 is 3.41. The molecule has 1 atom stereocenters. The molecule has 0 aliphatic rings. The number of nitrogens with one attached hydrogen (secondary N) is 1. The highest BCUT2D eigenvalue weighted by Gasteiger charge is 2.15. The lowest BCUT2D eigenvalue weighted by Crippen LogP contribution is -2.18. The molecule has 0 aliphatic heterocycles. The van der Waals surface area contributed by atoms with Crippen molar-refractivity contribution in [3.8, 4) is 0 Å². The van der Waals surface area contributed by atoms with Crippen molar-refractivity contribution in [2.24, 2.45) is 0 Å². The minimum Gasteiger partial charge on any atom is -0.377 e. The average molecular weight is 349 g/mol. The number of anilines is 1. The molecule has 5 heteroatoms. The zero-order chi connectivity index (χ0) is 15.4. The Labute approximate surface area is 132 Å². The van der Waals surface area contributed by atoms with E-state index in [1.165, 1.54) is 5.56 Å². The fourth-order valence-electron chi connectivity index (χ4n) is 2.21. The molecule has 0 fully saturated rings. The quantitative estimate of drug-likeness (QED) is 0.628.